The third-order valence-electron chi connectivity index (χ3n) is 4.35. The maximum atomic E-state index is 12.4. The summed E-state index contributed by atoms with van der Waals surface area (Å²) in [4.78, 5) is 16.6. The minimum absolute atomic E-state index is 0.100. The van der Waals surface area contributed by atoms with E-state index in [0.29, 0.717) is 17.0 Å². The lowest BCUT2D eigenvalue weighted by Crippen LogP contribution is -2.41. The second-order valence-electron chi connectivity index (χ2n) is 5.71. The van der Waals surface area contributed by atoms with E-state index >= 15 is 0 Å². The zero-order valence-corrected chi connectivity index (χ0v) is 12.1. The molecule has 0 radical (unpaired) electrons. The second-order valence-corrected chi connectivity index (χ2v) is 6.07. The average molecular weight is 303 g/mol. The average Bonchev–Trinajstić information content (AvgIpc) is 3.10. The summed E-state index contributed by atoms with van der Waals surface area (Å²) in [5, 5.41) is 5.18. The van der Waals surface area contributed by atoms with Crippen LogP contribution in [0.3, 0.4) is 0 Å². The van der Waals surface area contributed by atoms with E-state index in [4.69, 9.17) is 16.3 Å². The van der Waals surface area contributed by atoms with Crippen molar-refractivity contribution in [1.82, 2.24) is 10.3 Å². The number of pyridine rings is 1. The number of carbonyl (C=O) groups is 1. The number of benzene rings is 1. The summed E-state index contributed by atoms with van der Waals surface area (Å²) in [7, 11) is 0. The highest BCUT2D eigenvalue weighted by Gasteiger charge is 2.41. The van der Waals surface area contributed by atoms with Crippen molar-refractivity contribution in [1.29, 1.82) is 0 Å². The molecule has 3 heterocycles. The van der Waals surface area contributed by atoms with Crippen LogP contribution in [0, 0.1) is 0 Å². The Hall–Kier alpha value is -1.65. The fraction of sp³-hybridized carbons (Fsp3) is 0.375. The molecule has 0 spiro atoms. The number of carbonyl (C=O) groups excluding carboxylic acids is 1. The first-order valence-electron chi connectivity index (χ1n) is 7.22. The molecule has 3 atom stereocenters. The number of amides is 1. The number of nitrogens with one attached hydrogen (secondary N) is 1. The lowest BCUT2D eigenvalue weighted by atomic mass is 9.95. The maximum absolute atomic E-state index is 12.4. The predicted octanol–water partition coefficient (Wildman–Crippen LogP) is 2.94. The van der Waals surface area contributed by atoms with Gasteiger partial charge in [0.25, 0.3) is 5.91 Å². The summed E-state index contributed by atoms with van der Waals surface area (Å²) in [5.74, 6) is -0.177. The summed E-state index contributed by atoms with van der Waals surface area (Å²) in [6.07, 6.45) is 3.51. The van der Waals surface area contributed by atoms with E-state index in [-0.39, 0.29) is 18.1 Å². The van der Waals surface area contributed by atoms with E-state index in [1.165, 1.54) is 0 Å². The highest BCUT2D eigenvalue weighted by atomic mass is 35.5. The molecule has 3 unspecified atom stereocenters. The second kappa shape index (κ2) is 4.97. The van der Waals surface area contributed by atoms with Gasteiger partial charge in [0.2, 0.25) is 0 Å². The molecule has 1 aromatic carbocycles. The maximum Gasteiger partial charge on any atom is 0.270 e. The monoisotopic (exact) mass is 302 g/mol. The van der Waals surface area contributed by atoms with Gasteiger partial charge < -0.3 is 10.1 Å². The van der Waals surface area contributed by atoms with Gasteiger partial charge in [-0.2, -0.15) is 0 Å². The Morgan fingerprint density at radius 3 is 2.95 bits per heavy atom. The highest BCUT2D eigenvalue weighted by Crippen LogP contribution is 2.34. The molecular weight excluding hydrogens is 288 g/mol. The number of ether oxygens (including phenoxy) is 1. The number of hydrogen-bond acceptors (Lipinski definition) is 3. The molecule has 2 aliphatic heterocycles. The molecular formula is C16H15ClN2O2. The quantitative estimate of drug-likeness (QED) is 0.868. The molecule has 2 bridgehead atoms. The molecule has 1 aromatic heterocycles. The molecule has 2 saturated heterocycles. The normalized spacial score (nSPS) is 27.2. The van der Waals surface area contributed by atoms with Crippen LogP contribution in [0.5, 0.6) is 0 Å². The third kappa shape index (κ3) is 2.28. The van der Waals surface area contributed by atoms with Crippen molar-refractivity contribution in [3.8, 4) is 0 Å². The molecule has 1 N–H and O–H groups in total. The van der Waals surface area contributed by atoms with Gasteiger partial charge in [-0.1, -0.05) is 35.9 Å². The number of aromatic nitrogens is 1. The van der Waals surface area contributed by atoms with Gasteiger partial charge in [-0.15, -0.1) is 0 Å². The Bertz CT molecular complexity index is 718. The van der Waals surface area contributed by atoms with E-state index in [1.54, 1.807) is 6.07 Å². The van der Waals surface area contributed by atoms with Crippen LogP contribution in [0.15, 0.2) is 30.3 Å². The van der Waals surface area contributed by atoms with Crippen molar-refractivity contribution in [3.05, 3.63) is 41.2 Å². The van der Waals surface area contributed by atoms with Gasteiger partial charge in [0.1, 0.15) is 10.8 Å². The van der Waals surface area contributed by atoms with Gasteiger partial charge >= 0.3 is 0 Å². The van der Waals surface area contributed by atoms with E-state index in [1.807, 2.05) is 24.3 Å². The Kier molecular flexibility index (Phi) is 3.08. The van der Waals surface area contributed by atoms with E-state index in [0.717, 1.165) is 30.0 Å². The summed E-state index contributed by atoms with van der Waals surface area (Å²) in [6.45, 7) is 0. The minimum atomic E-state index is -0.177. The molecule has 108 valence electrons. The lowest BCUT2D eigenvalue weighted by molar-refractivity contribution is 0.0837. The SMILES string of the molecule is O=C(NC1CC2CCC1O2)c1cc2ccccc2c(Cl)n1. The van der Waals surface area contributed by atoms with Crippen molar-refractivity contribution < 1.29 is 9.53 Å². The standard InChI is InChI=1S/C16H15ClN2O2/c17-15-11-4-2-1-3-9(11)7-13(18-15)16(20)19-12-8-10-5-6-14(12)21-10/h1-4,7,10,12,14H,5-6,8H2,(H,19,20). The topological polar surface area (TPSA) is 51.2 Å². The molecule has 1 amide bonds. The first-order chi connectivity index (χ1) is 10.2. The van der Waals surface area contributed by atoms with E-state index < -0.39 is 0 Å². The summed E-state index contributed by atoms with van der Waals surface area (Å²) in [6, 6.07) is 9.54. The van der Waals surface area contributed by atoms with Crippen LogP contribution in [-0.2, 0) is 4.74 Å². The van der Waals surface area contributed by atoms with Crippen LogP contribution in [-0.4, -0.2) is 29.1 Å². The summed E-state index contributed by atoms with van der Waals surface area (Å²) >= 11 is 6.17. The Morgan fingerprint density at radius 1 is 1.33 bits per heavy atom. The van der Waals surface area contributed by atoms with Gasteiger partial charge in [0, 0.05) is 5.39 Å². The fourth-order valence-electron chi connectivity index (χ4n) is 3.30. The highest BCUT2D eigenvalue weighted by molar-refractivity contribution is 6.34. The number of hydrogen-bond donors (Lipinski definition) is 1. The molecule has 5 heteroatoms. The van der Waals surface area contributed by atoms with Gasteiger partial charge in [-0.3, -0.25) is 4.79 Å². The van der Waals surface area contributed by atoms with Gasteiger partial charge in [0.05, 0.1) is 18.2 Å². The number of fused-ring (bicyclic) bond motifs is 3. The molecule has 21 heavy (non-hydrogen) atoms. The smallest absolute Gasteiger partial charge is 0.270 e. The third-order valence-corrected chi connectivity index (χ3v) is 4.64. The Morgan fingerprint density at radius 2 is 2.19 bits per heavy atom. The number of halogens is 1. The van der Waals surface area contributed by atoms with Crippen molar-refractivity contribution in [2.24, 2.45) is 0 Å². The summed E-state index contributed by atoms with van der Waals surface area (Å²) in [5.41, 5.74) is 0.362. The van der Waals surface area contributed by atoms with Crippen molar-refractivity contribution in [3.63, 3.8) is 0 Å². The van der Waals surface area contributed by atoms with Gasteiger partial charge in [-0.25, -0.2) is 4.98 Å². The Balaban J connectivity index is 1.59. The molecule has 4 rings (SSSR count). The molecule has 2 fully saturated rings. The minimum Gasteiger partial charge on any atom is -0.373 e. The molecule has 0 aliphatic carbocycles. The molecule has 2 aromatic rings. The largest absolute Gasteiger partial charge is 0.373 e. The van der Waals surface area contributed by atoms with Gasteiger partial charge in [0.15, 0.2) is 0 Å². The zero-order valence-electron chi connectivity index (χ0n) is 11.4. The van der Waals surface area contributed by atoms with Crippen LogP contribution in [0.1, 0.15) is 29.8 Å². The fourth-order valence-corrected chi connectivity index (χ4v) is 3.57. The van der Waals surface area contributed by atoms with Crippen molar-refractivity contribution in [2.75, 3.05) is 0 Å². The van der Waals surface area contributed by atoms with Crippen molar-refractivity contribution in [2.45, 2.75) is 37.5 Å². The van der Waals surface area contributed by atoms with Crippen LogP contribution in [0.2, 0.25) is 5.15 Å². The zero-order chi connectivity index (χ0) is 14.4. The first kappa shape index (κ1) is 13.0. The number of nitrogens with zero attached hydrogens (tertiary/aromatic N) is 1. The van der Waals surface area contributed by atoms with Crippen LogP contribution in [0.25, 0.3) is 10.8 Å². The molecule has 0 saturated carbocycles. The Labute approximate surface area is 127 Å². The predicted molar refractivity (Wildman–Crippen MR) is 80.5 cm³/mol. The van der Waals surface area contributed by atoms with Crippen LogP contribution < -0.4 is 5.32 Å². The summed E-state index contributed by atoms with van der Waals surface area (Å²) < 4.78 is 5.75. The van der Waals surface area contributed by atoms with Crippen LogP contribution >= 0.6 is 11.6 Å². The van der Waals surface area contributed by atoms with E-state index in [2.05, 4.69) is 10.3 Å². The number of rotatable bonds is 2. The van der Waals surface area contributed by atoms with Crippen molar-refractivity contribution >= 4 is 28.3 Å². The van der Waals surface area contributed by atoms with E-state index in [9.17, 15) is 4.79 Å². The van der Waals surface area contributed by atoms with Crippen LogP contribution in [0.4, 0.5) is 0 Å². The lowest BCUT2D eigenvalue weighted by Gasteiger charge is -2.19. The van der Waals surface area contributed by atoms with Gasteiger partial charge in [-0.05, 0) is 30.7 Å². The first-order valence-corrected chi connectivity index (χ1v) is 7.60. The molecule has 4 nitrogen and oxygen atoms in total. The molecule has 2 aliphatic rings.